The van der Waals surface area contributed by atoms with E-state index in [1.54, 1.807) is 37.0 Å². The van der Waals surface area contributed by atoms with Crippen LogP contribution in [0, 0.1) is 19.7 Å². The van der Waals surface area contributed by atoms with Gasteiger partial charge in [-0.1, -0.05) is 30.9 Å². The molecule has 178 valence electrons. The van der Waals surface area contributed by atoms with E-state index in [1.165, 1.54) is 6.07 Å². The Hall–Kier alpha value is -3.81. The van der Waals surface area contributed by atoms with Crippen LogP contribution in [0.15, 0.2) is 59.7 Å². The highest BCUT2D eigenvalue weighted by molar-refractivity contribution is 5.79. The molecule has 2 aromatic heterocycles. The molecule has 0 saturated carbocycles. The zero-order chi connectivity index (χ0) is 24.8. The van der Waals surface area contributed by atoms with Gasteiger partial charge in [-0.25, -0.2) is 14.4 Å². The van der Waals surface area contributed by atoms with E-state index >= 15 is 0 Å². The number of alkyl halides is 1. The van der Waals surface area contributed by atoms with Gasteiger partial charge in [0.25, 0.3) is 0 Å². The standard InChI is InChI=1S/C25H25FN4O2.CH3F/c1-5-7-18(8-6-2)25-28-21(19-9-10-20(26)16(3)11-19)12-30(25)15-24(31)29-13-22-23(14-29)32-17(4)27-22;1-2/h5-12H,1,13-15H2,2-4H3;1H3/b8-6-,18-7+;. The van der Waals surface area contributed by atoms with E-state index in [4.69, 9.17) is 9.40 Å². The van der Waals surface area contributed by atoms with Crippen molar-refractivity contribution in [3.63, 3.8) is 0 Å². The molecule has 1 aliphatic heterocycles. The lowest BCUT2D eigenvalue weighted by molar-refractivity contribution is -0.132. The fraction of sp³-hybridized carbons (Fsp3) is 0.269. The fourth-order valence-electron chi connectivity index (χ4n) is 3.81. The second-order valence-electron chi connectivity index (χ2n) is 7.75. The maximum Gasteiger partial charge on any atom is 0.243 e. The summed E-state index contributed by atoms with van der Waals surface area (Å²) in [7, 11) is 0.500. The Kier molecular flexibility index (Phi) is 7.94. The first-order valence-corrected chi connectivity index (χ1v) is 10.8. The van der Waals surface area contributed by atoms with Crippen LogP contribution in [0.4, 0.5) is 8.78 Å². The zero-order valence-corrected chi connectivity index (χ0v) is 19.8. The molecule has 3 aromatic rings. The second-order valence-corrected chi connectivity index (χ2v) is 7.75. The average Bonchev–Trinajstić information content (AvgIpc) is 3.50. The number of carbonyl (C=O) groups is 1. The van der Waals surface area contributed by atoms with Crippen molar-refractivity contribution in [1.82, 2.24) is 19.4 Å². The lowest BCUT2D eigenvalue weighted by atomic mass is 10.1. The first kappa shape index (κ1) is 24.8. The van der Waals surface area contributed by atoms with Crippen LogP contribution in [-0.2, 0) is 24.4 Å². The molecule has 0 radical (unpaired) electrons. The lowest BCUT2D eigenvalue weighted by Gasteiger charge is -2.16. The molecule has 3 heterocycles. The van der Waals surface area contributed by atoms with E-state index in [1.807, 2.05) is 35.9 Å². The molecule has 0 fully saturated rings. The van der Waals surface area contributed by atoms with Gasteiger partial charge in [-0.3, -0.25) is 9.18 Å². The third-order valence-electron chi connectivity index (χ3n) is 5.35. The highest BCUT2D eigenvalue weighted by atomic mass is 19.1. The monoisotopic (exact) mass is 466 g/mol. The number of hydrogen-bond acceptors (Lipinski definition) is 4. The van der Waals surface area contributed by atoms with Crippen molar-refractivity contribution in [1.29, 1.82) is 0 Å². The van der Waals surface area contributed by atoms with Crippen LogP contribution < -0.4 is 0 Å². The topological polar surface area (TPSA) is 64.2 Å². The summed E-state index contributed by atoms with van der Waals surface area (Å²) >= 11 is 0. The summed E-state index contributed by atoms with van der Waals surface area (Å²) in [6.45, 7) is 10.2. The SMILES string of the molecule is C=C/C=C(\C=C/C)c1nc(-c2ccc(F)c(C)c2)cn1CC(=O)N1Cc2nc(C)oc2C1.CF. The van der Waals surface area contributed by atoms with Gasteiger partial charge in [0.15, 0.2) is 5.89 Å². The van der Waals surface area contributed by atoms with Crippen molar-refractivity contribution < 1.29 is 18.0 Å². The average molecular weight is 467 g/mol. The quantitative estimate of drug-likeness (QED) is 0.446. The zero-order valence-electron chi connectivity index (χ0n) is 19.8. The van der Waals surface area contributed by atoms with Crippen LogP contribution in [0.1, 0.15) is 35.7 Å². The molecule has 8 heteroatoms. The summed E-state index contributed by atoms with van der Waals surface area (Å²) in [4.78, 5) is 23.9. The molecular formula is C26H28F2N4O2. The van der Waals surface area contributed by atoms with Crippen molar-refractivity contribution in [2.24, 2.45) is 0 Å². The number of hydrogen-bond donors (Lipinski definition) is 0. The molecule has 0 saturated heterocycles. The molecule has 1 amide bonds. The number of halogens is 2. The van der Waals surface area contributed by atoms with Gasteiger partial charge in [0, 0.05) is 24.3 Å². The van der Waals surface area contributed by atoms with Gasteiger partial charge in [0.1, 0.15) is 29.6 Å². The number of imidazole rings is 1. The van der Waals surface area contributed by atoms with E-state index in [0.29, 0.717) is 43.2 Å². The minimum atomic E-state index is -0.264. The molecule has 6 nitrogen and oxygen atoms in total. The summed E-state index contributed by atoms with van der Waals surface area (Å²) in [6, 6.07) is 4.88. The Morgan fingerprint density at radius 1 is 1.24 bits per heavy atom. The van der Waals surface area contributed by atoms with Crippen molar-refractivity contribution in [2.75, 3.05) is 7.18 Å². The van der Waals surface area contributed by atoms with Gasteiger partial charge in [-0.2, -0.15) is 0 Å². The first-order chi connectivity index (χ1) is 16.4. The normalized spacial score (nSPS) is 13.1. The van der Waals surface area contributed by atoms with E-state index in [9.17, 15) is 13.6 Å². The highest BCUT2D eigenvalue weighted by Crippen LogP contribution is 2.27. The van der Waals surface area contributed by atoms with Gasteiger partial charge in [0.05, 0.1) is 26.0 Å². The molecule has 1 aromatic carbocycles. The number of amides is 1. The highest BCUT2D eigenvalue weighted by Gasteiger charge is 2.28. The van der Waals surface area contributed by atoms with Crippen LogP contribution >= 0.6 is 0 Å². The van der Waals surface area contributed by atoms with Gasteiger partial charge in [0.2, 0.25) is 5.91 Å². The van der Waals surface area contributed by atoms with E-state index in [-0.39, 0.29) is 18.3 Å². The van der Waals surface area contributed by atoms with Gasteiger partial charge in [-0.15, -0.1) is 0 Å². The number of rotatable bonds is 6. The number of aromatic nitrogens is 3. The Morgan fingerprint density at radius 3 is 2.65 bits per heavy atom. The summed E-state index contributed by atoms with van der Waals surface area (Å²) in [5.41, 5.74) is 3.63. The van der Waals surface area contributed by atoms with E-state index in [2.05, 4.69) is 11.6 Å². The minimum absolute atomic E-state index is 0.0604. The molecular weight excluding hydrogens is 438 g/mol. The number of aryl methyl sites for hydroxylation is 2. The predicted octanol–water partition coefficient (Wildman–Crippen LogP) is 5.57. The second kappa shape index (κ2) is 10.9. The van der Waals surface area contributed by atoms with Crippen molar-refractivity contribution in [2.45, 2.75) is 40.4 Å². The molecule has 0 spiro atoms. The number of benzene rings is 1. The smallest absolute Gasteiger partial charge is 0.243 e. The summed E-state index contributed by atoms with van der Waals surface area (Å²) < 4.78 is 30.7. The third kappa shape index (κ3) is 5.22. The maximum atomic E-state index is 13.8. The molecule has 4 rings (SSSR count). The Morgan fingerprint density at radius 2 is 2.00 bits per heavy atom. The molecule has 34 heavy (non-hydrogen) atoms. The summed E-state index contributed by atoms with van der Waals surface area (Å²) in [6.07, 6.45) is 9.19. The van der Waals surface area contributed by atoms with Crippen LogP contribution in [-0.4, -0.2) is 32.5 Å². The number of nitrogens with zero attached hydrogens (tertiary/aromatic N) is 4. The molecule has 0 unspecified atom stereocenters. The fourth-order valence-corrected chi connectivity index (χ4v) is 3.81. The molecule has 0 N–H and O–H groups in total. The van der Waals surface area contributed by atoms with Crippen LogP contribution in [0.5, 0.6) is 0 Å². The van der Waals surface area contributed by atoms with Crippen LogP contribution in [0.3, 0.4) is 0 Å². The predicted molar refractivity (Wildman–Crippen MR) is 128 cm³/mol. The minimum Gasteiger partial charge on any atom is -0.444 e. The summed E-state index contributed by atoms with van der Waals surface area (Å²) in [5, 5.41) is 0. The molecule has 0 bridgehead atoms. The molecule has 1 aliphatic rings. The van der Waals surface area contributed by atoms with Gasteiger partial charge < -0.3 is 13.9 Å². The lowest BCUT2D eigenvalue weighted by Crippen LogP contribution is -2.29. The number of carbonyl (C=O) groups excluding carboxylic acids is 1. The Labute approximate surface area is 197 Å². The number of oxazole rings is 1. The van der Waals surface area contributed by atoms with Gasteiger partial charge >= 0.3 is 0 Å². The maximum absolute atomic E-state index is 13.8. The third-order valence-corrected chi connectivity index (χ3v) is 5.35. The van der Waals surface area contributed by atoms with Gasteiger partial charge in [-0.05, 0) is 37.6 Å². The Bertz CT molecular complexity index is 1230. The first-order valence-electron chi connectivity index (χ1n) is 10.8. The summed E-state index contributed by atoms with van der Waals surface area (Å²) in [5.74, 6) is 1.67. The molecule has 0 aliphatic carbocycles. The Balaban J connectivity index is 0.00000158. The van der Waals surface area contributed by atoms with Crippen molar-refractivity contribution >= 4 is 11.5 Å². The van der Waals surface area contributed by atoms with Crippen LogP contribution in [0.2, 0.25) is 0 Å². The van der Waals surface area contributed by atoms with Crippen LogP contribution in [0.25, 0.3) is 16.8 Å². The molecule has 0 atom stereocenters. The van der Waals surface area contributed by atoms with E-state index in [0.717, 1.165) is 22.6 Å². The van der Waals surface area contributed by atoms with E-state index < -0.39 is 0 Å². The number of allylic oxidation sites excluding steroid dienone is 5. The largest absolute Gasteiger partial charge is 0.444 e. The van der Waals surface area contributed by atoms with Crippen molar-refractivity contribution in [3.05, 3.63) is 89.8 Å². The number of fused-ring (bicyclic) bond motifs is 1. The van der Waals surface area contributed by atoms with Crippen molar-refractivity contribution in [3.8, 4) is 11.3 Å².